The van der Waals surface area contributed by atoms with Crippen LogP contribution in [-0.4, -0.2) is 39.9 Å². The van der Waals surface area contributed by atoms with E-state index in [-0.39, 0.29) is 4.32 Å². The number of nitrogens with zero attached hydrogens (tertiary/aromatic N) is 1. The van der Waals surface area contributed by atoms with Gasteiger partial charge in [0.15, 0.2) is 0 Å². The highest BCUT2D eigenvalue weighted by Crippen LogP contribution is 2.34. The van der Waals surface area contributed by atoms with Gasteiger partial charge in [-0.15, -0.1) is 0 Å². The molecule has 0 bridgehead atoms. The number of thioether (sulfide) groups is 1. The molecule has 134 valence electrons. The van der Waals surface area contributed by atoms with Gasteiger partial charge in [-0.05, 0) is 30.3 Å². The van der Waals surface area contributed by atoms with Crippen LogP contribution in [0.4, 0.5) is 0 Å². The quantitative estimate of drug-likeness (QED) is 0.592. The van der Waals surface area contributed by atoms with E-state index in [1.165, 1.54) is 13.2 Å². The van der Waals surface area contributed by atoms with Crippen LogP contribution in [0.3, 0.4) is 0 Å². The number of hydrogen-bond acceptors (Lipinski definition) is 6. The fourth-order valence-corrected chi connectivity index (χ4v) is 3.80. The van der Waals surface area contributed by atoms with Gasteiger partial charge < -0.3 is 14.3 Å². The van der Waals surface area contributed by atoms with Crippen molar-refractivity contribution < 1.29 is 23.8 Å². The van der Waals surface area contributed by atoms with E-state index in [2.05, 4.69) is 0 Å². The summed E-state index contributed by atoms with van der Waals surface area (Å²) >= 11 is 12.2. The van der Waals surface area contributed by atoms with Gasteiger partial charge in [0.25, 0.3) is 5.91 Å². The zero-order valence-electron chi connectivity index (χ0n) is 13.4. The van der Waals surface area contributed by atoms with Crippen molar-refractivity contribution in [2.75, 3.05) is 13.7 Å². The molecule has 0 radical (unpaired) electrons. The van der Waals surface area contributed by atoms with Crippen LogP contribution in [0.25, 0.3) is 17.4 Å². The number of thiocarbonyl (C=S) groups is 1. The summed E-state index contributed by atoms with van der Waals surface area (Å²) < 4.78 is 11.1. The zero-order chi connectivity index (χ0) is 18.8. The maximum Gasteiger partial charge on any atom is 0.323 e. The van der Waals surface area contributed by atoms with Crippen molar-refractivity contribution in [3.63, 3.8) is 0 Å². The third-order valence-corrected chi connectivity index (χ3v) is 5.18. The lowest BCUT2D eigenvalue weighted by atomic mass is 10.2. The van der Waals surface area contributed by atoms with Crippen LogP contribution in [0.1, 0.15) is 5.76 Å². The van der Waals surface area contributed by atoms with E-state index in [0.717, 1.165) is 22.2 Å². The number of ether oxygens (including phenoxy) is 1. The van der Waals surface area contributed by atoms with E-state index in [9.17, 15) is 9.59 Å². The van der Waals surface area contributed by atoms with Crippen molar-refractivity contribution in [3.05, 3.63) is 46.0 Å². The van der Waals surface area contributed by atoms with Crippen LogP contribution in [-0.2, 0) is 9.59 Å². The number of halogens is 1. The van der Waals surface area contributed by atoms with Crippen LogP contribution in [0, 0.1) is 0 Å². The Morgan fingerprint density at radius 1 is 1.42 bits per heavy atom. The Morgan fingerprint density at radius 3 is 2.85 bits per heavy atom. The molecular formula is C17H12ClNO5S2. The third kappa shape index (κ3) is 3.77. The summed E-state index contributed by atoms with van der Waals surface area (Å²) in [6, 6.07) is 8.71. The Hall–Kier alpha value is -2.29. The molecule has 6 nitrogen and oxygen atoms in total. The van der Waals surface area contributed by atoms with Crippen LogP contribution >= 0.6 is 35.6 Å². The highest BCUT2D eigenvalue weighted by atomic mass is 35.5. The van der Waals surface area contributed by atoms with Crippen LogP contribution in [0.15, 0.2) is 39.7 Å². The van der Waals surface area contributed by atoms with Crippen molar-refractivity contribution in [1.82, 2.24) is 4.90 Å². The summed E-state index contributed by atoms with van der Waals surface area (Å²) in [6.07, 6.45) is 1.54. The number of carbonyl (C=O) groups excluding carboxylic acids is 1. The number of amides is 1. The molecule has 1 N–H and O–H groups in total. The molecule has 26 heavy (non-hydrogen) atoms. The summed E-state index contributed by atoms with van der Waals surface area (Å²) in [5.74, 6) is 0.000875. The average Bonchev–Trinajstić information content (AvgIpc) is 3.15. The van der Waals surface area contributed by atoms with Gasteiger partial charge in [0.2, 0.25) is 0 Å². The Morgan fingerprint density at radius 2 is 2.19 bits per heavy atom. The topological polar surface area (TPSA) is 80.0 Å². The molecule has 1 aliphatic rings. The Labute approximate surface area is 163 Å². The summed E-state index contributed by atoms with van der Waals surface area (Å²) in [5, 5.41) is 9.31. The van der Waals surface area contributed by atoms with E-state index in [1.807, 2.05) is 0 Å². The van der Waals surface area contributed by atoms with Crippen molar-refractivity contribution in [2.45, 2.75) is 0 Å². The van der Waals surface area contributed by atoms with Crippen molar-refractivity contribution in [1.29, 1.82) is 0 Å². The number of furan rings is 1. The Bertz CT molecular complexity index is 937. The number of carbonyl (C=O) groups is 2. The maximum absolute atomic E-state index is 12.3. The minimum absolute atomic E-state index is 0.206. The van der Waals surface area contributed by atoms with Gasteiger partial charge in [0.1, 0.15) is 28.1 Å². The van der Waals surface area contributed by atoms with Crippen molar-refractivity contribution >= 4 is 57.9 Å². The van der Waals surface area contributed by atoms with Crippen molar-refractivity contribution in [3.8, 4) is 17.1 Å². The Balaban J connectivity index is 1.83. The lowest BCUT2D eigenvalue weighted by molar-refractivity contribution is -0.140. The van der Waals surface area contributed by atoms with Gasteiger partial charge in [0.05, 0.1) is 17.0 Å². The van der Waals surface area contributed by atoms with Crippen LogP contribution in [0.5, 0.6) is 5.75 Å². The second-order valence-electron chi connectivity index (χ2n) is 5.21. The first-order valence-electron chi connectivity index (χ1n) is 7.30. The lowest BCUT2D eigenvalue weighted by Crippen LogP contribution is -2.33. The van der Waals surface area contributed by atoms with Gasteiger partial charge in [-0.3, -0.25) is 14.5 Å². The van der Waals surface area contributed by atoms with E-state index in [0.29, 0.717) is 27.2 Å². The molecule has 0 spiro atoms. The molecule has 1 aliphatic heterocycles. The second kappa shape index (κ2) is 7.53. The molecule has 0 unspecified atom stereocenters. The molecule has 1 aromatic heterocycles. The molecule has 1 aromatic carbocycles. The summed E-state index contributed by atoms with van der Waals surface area (Å²) in [7, 11) is 1.53. The average molecular weight is 410 g/mol. The normalized spacial score (nSPS) is 15.8. The SMILES string of the molecule is COc1ccc(-c2ccc(/C=C3\SC(=S)N(CC(=O)O)C3=O)o2)cc1Cl. The van der Waals surface area contributed by atoms with Gasteiger partial charge in [-0.25, -0.2) is 0 Å². The maximum atomic E-state index is 12.3. The third-order valence-electron chi connectivity index (χ3n) is 3.50. The number of carboxylic acid groups (broad SMARTS) is 1. The number of hydrogen-bond donors (Lipinski definition) is 1. The first-order valence-corrected chi connectivity index (χ1v) is 8.90. The van der Waals surface area contributed by atoms with E-state index in [1.54, 1.807) is 30.3 Å². The van der Waals surface area contributed by atoms with Gasteiger partial charge in [-0.1, -0.05) is 35.6 Å². The van der Waals surface area contributed by atoms with E-state index < -0.39 is 18.4 Å². The first kappa shape index (κ1) is 18.5. The number of rotatable bonds is 5. The molecule has 0 saturated carbocycles. The molecular weight excluding hydrogens is 398 g/mol. The molecule has 9 heteroatoms. The summed E-state index contributed by atoms with van der Waals surface area (Å²) in [6.45, 7) is -0.463. The fourth-order valence-electron chi connectivity index (χ4n) is 2.31. The minimum atomic E-state index is -1.13. The van der Waals surface area contributed by atoms with Crippen LogP contribution < -0.4 is 4.74 Å². The molecule has 1 amide bonds. The highest BCUT2D eigenvalue weighted by Gasteiger charge is 2.33. The smallest absolute Gasteiger partial charge is 0.323 e. The second-order valence-corrected chi connectivity index (χ2v) is 7.30. The molecule has 3 rings (SSSR count). The summed E-state index contributed by atoms with van der Waals surface area (Å²) in [5.41, 5.74) is 0.758. The molecule has 0 aliphatic carbocycles. The largest absolute Gasteiger partial charge is 0.495 e. The molecule has 0 atom stereocenters. The highest BCUT2D eigenvalue weighted by molar-refractivity contribution is 8.26. The standard InChI is InChI=1S/C17H12ClNO5S2/c1-23-13-4-2-9(6-11(13)18)12-5-3-10(24-12)7-14-16(22)19(8-15(20)21)17(25)26-14/h2-7H,8H2,1H3,(H,20,21)/b14-7-. The zero-order valence-corrected chi connectivity index (χ0v) is 15.8. The van der Waals surface area contributed by atoms with Gasteiger partial charge in [-0.2, -0.15) is 0 Å². The predicted molar refractivity (Wildman–Crippen MR) is 103 cm³/mol. The van der Waals surface area contributed by atoms with Crippen LogP contribution in [0.2, 0.25) is 5.02 Å². The molecule has 2 aromatic rings. The van der Waals surface area contributed by atoms with Crippen molar-refractivity contribution in [2.24, 2.45) is 0 Å². The molecule has 1 fully saturated rings. The number of methoxy groups -OCH3 is 1. The fraction of sp³-hybridized carbons (Fsp3) is 0.118. The lowest BCUT2D eigenvalue weighted by Gasteiger charge is -2.09. The Kier molecular flexibility index (Phi) is 5.36. The number of carboxylic acids is 1. The van der Waals surface area contributed by atoms with E-state index in [4.69, 9.17) is 38.1 Å². The molecule has 2 heterocycles. The minimum Gasteiger partial charge on any atom is -0.495 e. The van der Waals surface area contributed by atoms with Gasteiger partial charge >= 0.3 is 5.97 Å². The first-order chi connectivity index (χ1) is 12.4. The monoisotopic (exact) mass is 409 g/mol. The molecule has 1 saturated heterocycles. The summed E-state index contributed by atoms with van der Waals surface area (Å²) in [4.78, 5) is 24.4. The van der Waals surface area contributed by atoms with Gasteiger partial charge in [0, 0.05) is 11.6 Å². The van der Waals surface area contributed by atoms with E-state index >= 15 is 0 Å². The number of aliphatic carboxylic acids is 1. The predicted octanol–water partition coefficient (Wildman–Crippen LogP) is 3.89. The number of benzene rings is 1.